The Bertz CT molecular complexity index is 468. The molecule has 1 aliphatic heterocycles. The molecule has 1 unspecified atom stereocenters. The van der Waals surface area contributed by atoms with Crippen molar-refractivity contribution in [2.45, 2.75) is 18.9 Å². The lowest BCUT2D eigenvalue weighted by molar-refractivity contribution is 0.111. The van der Waals surface area contributed by atoms with Gasteiger partial charge in [-0.15, -0.1) is 0 Å². The van der Waals surface area contributed by atoms with Crippen molar-refractivity contribution in [2.75, 3.05) is 20.3 Å². The van der Waals surface area contributed by atoms with Gasteiger partial charge in [-0.05, 0) is 36.6 Å². The number of rotatable bonds is 5. The molecule has 5 heteroatoms. The van der Waals surface area contributed by atoms with E-state index >= 15 is 0 Å². The molecule has 5 nitrogen and oxygen atoms in total. The van der Waals surface area contributed by atoms with Crippen LogP contribution in [0.4, 0.5) is 4.79 Å². The molecule has 0 saturated carbocycles. The van der Waals surface area contributed by atoms with Crippen molar-refractivity contribution in [1.82, 2.24) is 10.6 Å². The van der Waals surface area contributed by atoms with Crippen molar-refractivity contribution in [1.29, 1.82) is 0 Å². The number of amides is 2. The normalized spacial score (nSPS) is 18.1. The van der Waals surface area contributed by atoms with Crippen molar-refractivity contribution >= 4 is 12.1 Å². The van der Waals surface area contributed by atoms with Gasteiger partial charge in [-0.1, -0.05) is 12.1 Å². The van der Waals surface area contributed by atoms with Crippen LogP contribution in [-0.2, 0) is 4.74 Å². The molecule has 0 aromatic heterocycles. The first-order chi connectivity index (χ1) is 9.78. The van der Waals surface area contributed by atoms with E-state index in [4.69, 9.17) is 9.47 Å². The van der Waals surface area contributed by atoms with Crippen LogP contribution < -0.4 is 15.4 Å². The van der Waals surface area contributed by atoms with Gasteiger partial charge in [-0.2, -0.15) is 0 Å². The summed E-state index contributed by atoms with van der Waals surface area (Å²) in [4.78, 5) is 11.6. The molecular formula is C15H20N2O3. The average molecular weight is 276 g/mol. The Balaban J connectivity index is 1.72. The highest BCUT2D eigenvalue weighted by Gasteiger charge is 2.15. The summed E-state index contributed by atoms with van der Waals surface area (Å²) in [5.74, 6) is 0.787. The van der Waals surface area contributed by atoms with Crippen LogP contribution >= 0.6 is 0 Å². The smallest absolute Gasteiger partial charge is 0.318 e. The van der Waals surface area contributed by atoms with E-state index in [0.717, 1.165) is 30.8 Å². The molecule has 1 heterocycles. The predicted molar refractivity (Wildman–Crippen MR) is 77.5 cm³/mol. The number of hydrogen-bond donors (Lipinski definition) is 2. The SMILES string of the molecule is COc1cccc(/C=C/NC(=O)NCC2CCCO2)c1. The molecule has 0 radical (unpaired) electrons. The highest BCUT2D eigenvalue weighted by molar-refractivity contribution is 5.75. The van der Waals surface area contributed by atoms with Crippen LogP contribution in [0.5, 0.6) is 5.75 Å². The van der Waals surface area contributed by atoms with E-state index < -0.39 is 0 Å². The lowest BCUT2D eigenvalue weighted by Crippen LogP contribution is -2.37. The van der Waals surface area contributed by atoms with E-state index in [0.29, 0.717) is 6.54 Å². The molecule has 0 aliphatic carbocycles. The molecule has 20 heavy (non-hydrogen) atoms. The second-order valence-electron chi connectivity index (χ2n) is 4.60. The highest BCUT2D eigenvalue weighted by atomic mass is 16.5. The van der Waals surface area contributed by atoms with E-state index in [1.54, 1.807) is 13.3 Å². The third-order valence-electron chi connectivity index (χ3n) is 3.10. The fourth-order valence-electron chi connectivity index (χ4n) is 2.02. The van der Waals surface area contributed by atoms with Crippen molar-refractivity contribution in [3.8, 4) is 5.75 Å². The molecule has 2 rings (SSSR count). The third-order valence-corrected chi connectivity index (χ3v) is 3.10. The standard InChI is InChI=1S/C15H20N2O3/c1-19-13-5-2-4-12(10-13)7-8-16-15(18)17-11-14-6-3-9-20-14/h2,4-5,7-8,10,14H,3,6,9,11H2,1H3,(H2,16,17,18)/b8-7+. The topological polar surface area (TPSA) is 59.6 Å². The lowest BCUT2D eigenvalue weighted by atomic mass is 10.2. The zero-order chi connectivity index (χ0) is 14.2. The molecule has 2 amide bonds. The van der Waals surface area contributed by atoms with Gasteiger partial charge in [0.05, 0.1) is 13.2 Å². The summed E-state index contributed by atoms with van der Waals surface area (Å²) in [5.41, 5.74) is 0.962. The summed E-state index contributed by atoms with van der Waals surface area (Å²) in [6.45, 7) is 1.35. The highest BCUT2D eigenvalue weighted by Crippen LogP contribution is 2.13. The average Bonchev–Trinajstić information content (AvgIpc) is 2.99. The Morgan fingerprint density at radius 3 is 3.20 bits per heavy atom. The quantitative estimate of drug-likeness (QED) is 0.866. The van der Waals surface area contributed by atoms with Gasteiger partial charge in [0.2, 0.25) is 0 Å². The summed E-state index contributed by atoms with van der Waals surface area (Å²) in [6.07, 6.45) is 5.67. The molecule has 1 saturated heterocycles. The van der Waals surface area contributed by atoms with Crippen LogP contribution in [0.25, 0.3) is 6.08 Å². The Hall–Kier alpha value is -2.01. The zero-order valence-electron chi connectivity index (χ0n) is 11.6. The van der Waals surface area contributed by atoms with Crippen LogP contribution in [-0.4, -0.2) is 32.4 Å². The van der Waals surface area contributed by atoms with Crippen LogP contribution in [0.3, 0.4) is 0 Å². The van der Waals surface area contributed by atoms with Crippen LogP contribution in [0.1, 0.15) is 18.4 Å². The molecule has 1 aliphatic rings. The predicted octanol–water partition coefficient (Wildman–Crippen LogP) is 2.14. The van der Waals surface area contributed by atoms with Crippen molar-refractivity contribution in [2.24, 2.45) is 0 Å². The van der Waals surface area contributed by atoms with Gasteiger partial charge < -0.3 is 20.1 Å². The summed E-state index contributed by atoms with van der Waals surface area (Å²) in [6, 6.07) is 7.38. The number of urea groups is 1. The lowest BCUT2D eigenvalue weighted by Gasteiger charge is -2.10. The van der Waals surface area contributed by atoms with Gasteiger partial charge in [0, 0.05) is 19.4 Å². The third kappa shape index (κ3) is 4.59. The largest absolute Gasteiger partial charge is 0.497 e. The summed E-state index contributed by atoms with van der Waals surface area (Å²) in [5, 5.41) is 5.45. The van der Waals surface area contributed by atoms with Crippen molar-refractivity contribution in [3.05, 3.63) is 36.0 Å². The van der Waals surface area contributed by atoms with E-state index in [1.807, 2.05) is 30.3 Å². The molecule has 2 N–H and O–H groups in total. The van der Waals surface area contributed by atoms with Gasteiger partial charge in [0.15, 0.2) is 0 Å². The summed E-state index contributed by atoms with van der Waals surface area (Å²) >= 11 is 0. The molecule has 1 aromatic carbocycles. The first-order valence-corrected chi connectivity index (χ1v) is 6.74. The van der Waals surface area contributed by atoms with Crippen LogP contribution in [0, 0.1) is 0 Å². The number of carbonyl (C=O) groups is 1. The summed E-state index contributed by atoms with van der Waals surface area (Å²) < 4.78 is 10.6. The minimum atomic E-state index is -0.223. The fourth-order valence-corrected chi connectivity index (χ4v) is 2.02. The molecule has 1 aromatic rings. The Morgan fingerprint density at radius 2 is 2.45 bits per heavy atom. The van der Waals surface area contributed by atoms with Gasteiger partial charge in [-0.25, -0.2) is 4.79 Å². The minimum Gasteiger partial charge on any atom is -0.497 e. The molecule has 1 fully saturated rings. The van der Waals surface area contributed by atoms with Crippen LogP contribution in [0.2, 0.25) is 0 Å². The maximum Gasteiger partial charge on any atom is 0.318 e. The maximum absolute atomic E-state index is 11.6. The van der Waals surface area contributed by atoms with Gasteiger partial charge in [0.25, 0.3) is 0 Å². The van der Waals surface area contributed by atoms with E-state index in [-0.39, 0.29) is 12.1 Å². The Kier molecular flexibility index (Phi) is 5.43. The van der Waals surface area contributed by atoms with Gasteiger partial charge >= 0.3 is 6.03 Å². The van der Waals surface area contributed by atoms with Gasteiger partial charge in [0.1, 0.15) is 5.75 Å². The Morgan fingerprint density at radius 1 is 1.55 bits per heavy atom. The number of nitrogens with one attached hydrogen (secondary N) is 2. The molecule has 108 valence electrons. The van der Waals surface area contributed by atoms with E-state index in [2.05, 4.69) is 10.6 Å². The first-order valence-electron chi connectivity index (χ1n) is 6.74. The van der Waals surface area contributed by atoms with E-state index in [9.17, 15) is 4.79 Å². The molecule has 0 bridgehead atoms. The zero-order valence-corrected chi connectivity index (χ0v) is 11.6. The first kappa shape index (κ1) is 14.4. The molecule has 1 atom stereocenters. The molecular weight excluding hydrogens is 256 g/mol. The fraction of sp³-hybridized carbons (Fsp3) is 0.400. The number of methoxy groups -OCH3 is 1. The number of carbonyl (C=O) groups excluding carboxylic acids is 1. The number of ether oxygens (including phenoxy) is 2. The molecule has 0 spiro atoms. The van der Waals surface area contributed by atoms with Gasteiger partial charge in [-0.3, -0.25) is 0 Å². The summed E-state index contributed by atoms with van der Waals surface area (Å²) in [7, 11) is 1.62. The number of benzene rings is 1. The second kappa shape index (κ2) is 7.55. The Labute approximate surface area is 119 Å². The van der Waals surface area contributed by atoms with Crippen LogP contribution in [0.15, 0.2) is 30.5 Å². The monoisotopic (exact) mass is 276 g/mol. The number of hydrogen-bond acceptors (Lipinski definition) is 3. The minimum absolute atomic E-state index is 0.156. The maximum atomic E-state index is 11.6. The van der Waals surface area contributed by atoms with E-state index in [1.165, 1.54) is 0 Å². The van der Waals surface area contributed by atoms with Crippen molar-refractivity contribution < 1.29 is 14.3 Å². The van der Waals surface area contributed by atoms with Crippen molar-refractivity contribution in [3.63, 3.8) is 0 Å². The second-order valence-corrected chi connectivity index (χ2v) is 4.60.